The van der Waals surface area contributed by atoms with Gasteiger partial charge >= 0.3 is 6.03 Å². The van der Waals surface area contributed by atoms with Crippen molar-refractivity contribution < 1.29 is 24.5 Å². The quantitative estimate of drug-likeness (QED) is 0.372. The van der Waals surface area contributed by atoms with E-state index >= 15 is 0 Å². The molecular formula is C6H10N2O5. The zero-order valence-electron chi connectivity index (χ0n) is 6.90. The van der Waals surface area contributed by atoms with Gasteiger partial charge in [-0.15, -0.1) is 0 Å². The Bertz CT molecular complexity index is 243. The maximum absolute atomic E-state index is 11.0. The summed E-state index contributed by atoms with van der Waals surface area (Å²) in [4.78, 5) is 21.6. The Balaban J connectivity index is 2.82. The average molecular weight is 190 g/mol. The van der Waals surface area contributed by atoms with Gasteiger partial charge in [-0.3, -0.25) is 10.1 Å². The van der Waals surface area contributed by atoms with Gasteiger partial charge in [-0.05, 0) is 6.92 Å². The SMILES string of the molecule is CCOC1(O)C(=O)NC(=O)NC1O. The molecule has 0 aliphatic carbocycles. The van der Waals surface area contributed by atoms with Crippen LogP contribution < -0.4 is 10.6 Å². The van der Waals surface area contributed by atoms with Crippen molar-refractivity contribution in [1.29, 1.82) is 0 Å². The molecule has 1 aliphatic heterocycles. The predicted octanol–water partition coefficient (Wildman–Crippen LogP) is -2.13. The molecular weight excluding hydrogens is 180 g/mol. The zero-order chi connectivity index (χ0) is 10.1. The number of hydrogen-bond acceptors (Lipinski definition) is 5. The number of carbonyl (C=O) groups is 2. The summed E-state index contributed by atoms with van der Waals surface area (Å²) in [6.07, 6.45) is -1.76. The summed E-state index contributed by atoms with van der Waals surface area (Å²) in [5.41, 5.74) is 0. The number of rotatable bonds is 2. The summed E-state index contributed by atoms with van der Waals surface area (Å²) in [6.45, 7) is 1.56. The Morgan fingerprint density at radius 3 is 2.69 bits per heavy atom. The van der Waals surface area contributed by atoms with Crippen LogP contribution in [0.2, 0.25) is 0 Å². The molecule has 7 nitrogen and oxygen atoms in total. The smallest absolute Gasteiger partial charge is 0.323 e. The Morgan fingerprint density at radius 2 is 2.23 bits per heavy atom. The van der Waals surface area contributed by atoms with Crippen LogP contribution >= 0.6 is 0 Å². The van der Waals surface area contributed by atoms with E-state index in [2.05, 4.69) is 4.74 Å². The number of imide groups is 1. The largest absolute Gasteiger partial charge is 0.368 e. The molecule has 4 N–H and O–H groups in total. The molecule has 0 saturated carbocycles. The molecule has 0 bridgehead atoms. The highest BCUT2D eigenvalue weighted by Gasteiger charge is 2.49. The third kappa shape index (κ3) is 1.62. The predicted molar refractivity (Wildman–Crippen MR) is 39.3 cm³/mol. The first-order valence-electron chi connectivity index (χ1n) is 3.67. The lowest BCUT2D eigenvalue weighted by molar-refractivity contribution is -0.250. The van der Waals surface area contributed by atoms with Gasteiger partial charge in [0.1, 0.15) is 0 Å². The first-order chi connectivity index (χ1) is 6.00. The number of aliphatic hydroxyl groups is 2. The summed E-state index contributed by atoms with van der Waals surface area (Å²) in [7, 11) is 0. The van der Waals surface area contributed by atoms with Crippen LogP contribution in [0.3, 0.4) is 0 Å². The fraction of sp³-hybridized carbons (Fsp3) is 0.667. The van der Waals surface area contributed by atoms with E-state index in [4.69, 9.17) is 5.11 Å². The summed E-state index contributed by atoms with van der Waals surface area (Å²) < 4.78 is 4.62. The first-order valence-corrected chi connectivity index (χ1v) is 3.67. The minimum Gasteiger partial charge on any atom is -0.368 e. The summed E-state index contributed by atoms with van der Waals surface area (Å²) >= 11 is 0. The summed E-state index contributed by atoms with van der Waals surface area (Å²) in [6, 6.07) is -0.873. The van der Waals surface area contributed by atoms with E-state index in [0.29, 0.717) is 0 Å². The van der Waals surface area contributed by atoms with Gasteiger partial charge in [0.2, 0.25) is 0 Å². The van der Waals surface area contributed by atoms with Crippen LogP contribution in [-0.2, 0) is 9.53 Å². The van der Waals surface area contributed by atoms with E-state index in [9.17, 15) is 14.7 Å². The molecule has 1 rings (SSSR count). The Morgan fingerprint density at radius 1 is 1.62 bits per heavy atom. The highest BCUT2D eigenvalue weighted by molar-refractivity contribution is 6.00. The van der Waals surface area contributed by atoms with E-state index in [1.54, 1.807) is 5.32 Å². The standard InChI is InChI=1S/C6H10N2O5/c1-2-13-6(12)3(9)7-5(11)8-4(6)10/h3,9,12H,2H2,1H3,(H2,7,8,10,11). The van der Waals surface area contributed by atoms with Crippen molar-refractivity contribution in [3.8, 4) is 0 Å². The third-order valence-electron chi connectivity index (χ3n) is 1.56. The number of urea groups is 1. The minimum atomic E-state index is -2.40. The number of hydrogen-bond donors (Lipinski definition) is 4. The molecule has 1 saturated heterocycles. The van der Waals surface area contributed by atoms with Crippen LogP contribution in [0.25, 0.3) is 0 Å². The lowest BCUT2D eigenvalue weighted by Gasteiger charge is -2.34. The second-order valence-corrected chi connectivity index (χ2v) is 2.46. The second-order valence-electron chi connectivity index (χ2n) is 2.46. The van der Waals surface area contributed by atoms with Crippen LogP contribution in [-0.4, -0.2) is 40.8 Å². The number of aliphatic hydroxyl groups excluding tert-OH is 1. The van der Waals surface area contributed by atoms with Crippen molar-refractivity contribution in [2.75, 3.05) is 6.61 Å². The summed E-state index contributed by atoms with van der Waals surface area (Å²) in [5.74, 6) is -3.48. The van der Waals surface area contributed by atoms with E-state index in [-0.39, 0.29) is 6.61 Å². The molecule has 0 radical (unpaired) electrons. The molecule has 0 aromatic rings. The number of amides is 3. The Hall–Kier alpha value is -1.18. The van der Waals surface area contributed by atoms with Crippen molar-refractivity contribution >= 4 is 11.9 Å². The van der Waals surface area contributed by atoms with Gasteiger partial charge < -0.3 is 20.3 Å². The van der Waals surface area contributed by atoms with Crippen LogP contribution in [0.1, 0.15) is 6.92 Å². The molecule has 2 unspecified atom stereocenters. The van der Waals surface area contributed by atoms with Crippen LogP contribution in [0.4, 0.5) is 4.79 Å². The topological polar surface area (TPSA) is 108 Å². The van der Waals surface area contributed by atoms with Crippen molar-refractivity contribution in [3.63, 3.8) is 0 Å². The molecule has 1 heterocycles. The van der Waals surface area contributed by atoms with Crippen molar-refractivity contribution in [2.45, 2.75) is 18.9 Å². The Kier molecular flexibility index (Phi) is 2.50. The maximum atomic E-state index is 11.0. The molecule has 74 valence electrons. The van der Waals surface area contributed by atoms with Gasteiger partial charge in [0, 0.05) is 6.61 Å². The van der Waals surface area contributed by atoms with Gasteiger partial charge in [-0.1, -0.05) is 0 Å². The molecule has 2 atom stereocenters. The first kappa shape index (κ1) is 9.90. The molecule has 0 spiro atoms. The number of nitrogens with one attached hydrogen (secondary N) is 2. The Labute approximate surface area is 73.7 Å². The van der Waals surface area contributed by atoms with Gasteiger partial charge in [0.15, 0.2) is 6.23 Å². The lowest BCUT2D eigenvalue weighted by Crippen LogP contribution is -2.70. The normalized spacial score (nSPS) is 33.9. The minimum absolute atomic E-state index is 0.0247. The molecule has 7 heteroatoms. The molecule has 3 amide bonds. The van der Waals surface area contributed by atoms with Crippen molar-refractivity contribution in [3.05, 3.63) is 0 Å². The number of ether oxygens (including phenoxy) is 1. The van der Waals surface area contributed by atoms with Crippen LogP contribution in [0.15, 0.2) is 0 Å². The van der Waals surface area contributed by atoms with Crippen molar-refractivity contribution in [2.24, 2.45) is 0 Å². The number of carbonyl (C=O) groups excluding carboxylic acids is 2. The van der Waals surface area contributed by atoms with Gasteiger partial charge in [-0.25, -0.2) is 4.79 Å². The maximum Gasteiger partial charge on any atom is 0.323 e. The molecule has 1 fully saturated rings. The molecule has 1 aliphatic rings. The average Bonchev–Trinajstić information content (AvgIpc) is 2.01. The highest BCUT2D eigenvalue weighted by Crippen LogP contribution is 2.14. The third-order valence-corrected chi connectivity index (χ3v) is 1.56. The monoisotopic (exact) mass is 190 g/mol. The highest BCUT2D eigenvalue weighted by atomic mass is 16.6. The zero-order valence-corrected chi connectivity index (χ0v) is 6.90. The van der Waals surface area contributed by atoms with E-state index in [0.717, 1.165) is 0 Å². The van der Waals surface area contributed by atoms with E-state index < -0.39 is 24.0 Å². The molecule has 0 aromatic carbocycles. The van der Waals surface area contributed by atoms with Gasteiger partial charge in [0.25, 0.3) is 11.7 Å². The second kappa shape index (κ2) is 3.29. The summed E-state index contributed by atoms with van der Waals surface area (Å²) in [5, 5.41) is 22.2. The van der Waals surface area contributed by atoms with E-state index in [1.807, 2.05) is 5.32 Å². The van der Waals surface area contributed by atoms with Crippen LogP contribution in [0, 0.1) is 0 Å². The molecule has 0 aromatic heterocycles. The van der Waals surface area contributed by atoms with Crippen molar-refractivity contribution in [1.82, 2.24) is 10.6 Å². The van der Waals surface area contributed by atoms with E-state index in [1.165, 1.54) is 6.92 Å². The lowest BCUT2D eigenvalue weighted by atomic mass is 10.2. The molecule has 13 heavy (non-hydrogen) atoms. The van der Waals surface area contributed by atoms with Gasteiger partial charge in [0.05, 0.1) is 0 Å². The van der Waals surface area contributed by atoms with Crippen LogP contribution in [0.5, 0.6) is 0 Å². The van der Waals surface area contributed by atoms with Gasteiger partial charge in [-0.2, -0.15) is 0 Å². The fourth-order valence-electron chi connectivity index (χ4n) is 0.939. The fourth-order valence-corrected chi connectivity index (χ4v) is 0.939.